The number of benzene rings is 1. The van der Waals surface area contributed by atoms with Crippen molar-refractivity contribution in [2.75, 3.05) is 6.54 Å². The number of hydrogen-bond acceptors (Lipinski definition) is 2. The van der Waals surface area contributed by atoms with Gasteiger partial charge in [-0.3, -0.25) is 9.69 Å². The van der Waals surface area contributed by atoms with Gasteiger partial charge in [-0.15, -0.1) is 0 Å². The number of rotatable bonds is 3. The predicted octanol–water partition coefficient (Wildman–Crippen LogP) is 1.79. The number of hydrogen-bond donors (Lipinski definition) is 1. The highest BCUT2D eigenvalue weighted by Crippen LogP contribution is 2.20. The Bertz CT molecular complexity index is 377. The maximum absolute atomic E-state index is 11.0. The lowest BCUT2D eigenvalue weighted by molar-refractivity contribution is -0.119. The monoisotopic (exact) mass is 232 g/mol. The summed E-state index contributed by atoms with van der Waals surface area (Å²) in [4.78, 5) is 13.5. The number of nitrogens with zero attached hydrogens (tertiary/aromatic N) is 1. The summed E-state index contributed by atoms with van der Waals surface area (Å²) in [5.41, 5.74) is 1.34. The van der Waals surface area contributed by atoms with Gasteiger partial charge in [0.05, 0.1) is 0 Å². The van der Waals surface area contributed by atoms with E-state index in [0.29, 0.717) is 12.1 Å². The van der Waals surface area contributed by atoms with Gasteiger partial charge in [0.15, 0.2) is 0 Å². The molecule has 3 heteroatoms. The van der Waals surface area contributed by atoms with Crippen LogP contribution in [0.3, 0.4) is 0 Å². The summed E-state index contributed by atoms with van der Waals surface area (Å²) >= 11 is 0. The fourth-order valence-electron chi connectivity index (χ4n) is 2.53. The van der Waals surface area contributed by atoms with Crippen LogP contribution in [0.2, 0.25) is 0 Å². The Morgan fingerprint density at radius 3 is 2.76 bits per heavy atom. The molecule has 0 unspecified atom stereocenters. The second-order valence-corrected chi connectivity index (χ2v) is 4.90. The SMILES string of the molecule is CC(=O)N[C@@H]1C[C@H](C)N(Cc2ccccc2)C1. The number of carbonyl (C=O) groups excluding carboxylic acids is 1. The normalized spacial score (nSPS) is 24.8. The highest BCUT2D eigenvalue weighted by Gasteiger charge is 2.29. The standard InChI is InChI=1S/C14H20N2O/c1-11-8-14(15-12(2)17)10-16(11)9-13-6-4-3-5-7-13/h3-7,11,14H,8-10H2,1-2H3,(H,15,17)/t11-,14+/m0/s1. The van der Waals surface area contributed by atoms with E-state index in [2.05, 4.69) is 41.4 Å². The van der Waals surface area contributed by atoms with E-state index in [1.165, 1.54) is 5.56 Å². The fourth-order valence-corrected chi connectivity index (χ4v) is 2.53. The fraction of sp³-hybridized carbons (Fsp3) is 0.500. The van der Waals surface area contributed by atoms with E-state index >= 15 is 0 Å². The van der Waals surface area contributed by atoms with Crippen molar-refractivity contribution in [3.63, 3.8) is 0 Å². The predicted molar refractivity (Wildman–Crippen MR) is 68.5 cm³/mol. The summed E-state index contributed by atoms with van der Waals surface area (Å²) in [7, 11) is 0. The second-order valence-electron chi connectivity index (χ2n) is 4.90. The number of nitrogens with one attached hydrogen (secondary N) is 1. The number of likely N-dealkylation sites (tertiary alicyclic amines) is 1. The molecule has 0 saturated carbocycles. The summed E-state index contributed by atoms with van der Waals surface area (Å²) < 4.78 is 0. The molecule has 1 N–H and O–H groups in total. The molecular weight excluding hydrogens is 212 g/mol. The van der Waals surface area contributed by atoms with E-state index in [9.17, 15) is 4.79 Å². The topological polar surface area (TPSA) is 32.3 Å². The highest BCUT2D eigenvalue weighted by atomic mass is 16.1. The maximum atomic E-state index is 11.0. The molecule has 1 aliphatic heterocycles. The third kappa shape index (κ3) is 3.30. The van der Waals surface area contributed by atoms with Crippen LogP contribution < -0.4 is 5.32 Å². The molecule has 2 atom stereocenters. The van der Waals surface area contributed by atoms with Crippen LogP contribution in [0.4, 0.5) is 0 Å². The van der Waals surface area contributed by atoms with Crippen molar-refractivity contribution < 1.29 is 4.79 Å². The van der Waals surface area contributed by atoms with Crippen LogP contribution in [0.15, 0.2) is 30.3 Å². The number of carbonyl (C=O) groups is 1. The summed E-state index contributed by atoms with van der Waals surface area (Å²) in [6.07, 6.45) is 1.05. The lowest BCUT2D eigenvalue weighted by Gasteiger charge is -2.20. The lowest BCUT2D eigenvalue weighted by Crippen LogP contribution is -2.35. The van der Waals surface area contributed by atoms with Crippen molar-refractivity contribution in [3.05, 3.63) is 35.9 Å². The first-order chi connectivity index (χ1) is 8.15. The molecule has 0 radical (unpaired) electrons. The zero-order valence-electron chi connectivity index (χ0n) is 10.5. The molecule has 0 aromatic heterocycles. The van der Waals surface area contributed by atoms with E-state index in [-0.39, 0.29) is 5.91 Å². The Kier molecular flexibility index (Phi) is 3.79. The first kappa shape index (κ1) is 12.1. The molecule has 3 nitrogen and oxygen atoms in total. The Morgan fingerprint density at radius 1 is 1.41 bits per heavy atom. The molecule has 1 fully saturated rings. The van der Waals surface area contributed by atoms with Gasteiger partial charge < -0.3 is 5.32 Å². The van der Waals surface area contributed by atoms with Crippen LogP contribution in [-0.4, -0.2) is 29.4 Å². The molecule has 2 rings (SSSR count). The van der Waals surface area contributed by atoms with Crippen molar-refractivity contribution in [3.8, 4) is 0 Å². The zero-order chi connectivity index (χ0) is 12.3. The van der Waals surface area contributed by atoms with Gasteiger partial charge in [-0.1, -0.05) is 30.3 Å². The molecule has 1 aliphatic rings. The Balaban J connectivity index is 1.92. The van der Waals surface area contributed by atoms with Crippen molar-refractivity contribution in [1.29, 1.82) is 0 Å². The van der Waals surface area contributed by atoms with E-state index in [0.717, 1.165) is 19.5 Å². The van der Waals surface area contributed by atoms with E-state index < -0.39 is 0 Å². The third-order valence-electron chi connectivity index (χ3n) is 3.34. The molecule has 1 aromatic carbocycles. The van der Waals surface area contributed by atoms with Gasteiger partial charge in [-0.2, -0.15) is 0 Å². The van der Waals surface area contributed by atoms with Crippen LogP contribution in [0.1, 0.15) is 25.8 Å². The van der Waals surface area contributed by atoms with E-state index in [1.807, 2.05) is 6.07 Å². The molecule has 1 heterocycles. The average Bonchev–Trinajstić information content (AvgIpc) is 2.59. The molecule has 92 valence electrons. The minimum absolute atomic E-state index is 0.0729. The smallest absolute Gasteiger partial charge is 0.217 e. The summed E-state index contributed by atoms with van der Waals surface area (Å²) in [5.74, 6) is 0.0729. The van der Waals surface area contributed by atoms with Crippen molar-refractivity contribution in [1.82, 2.24) is 10.2 Å². The van der Waals surface area contributed by atoms with Crippen LogP contribution >= 0.6 is 0 Å². The highest BCUT2D eigenvalue weighted by molar-refractivity contribution is 5.73. The van der Waals surface area contributed by atoms with Gasteiger partial charge in [0, 0.05) is 32.1 Å². The summed E-state index contributed by atoms with van der Waals surface area (Å²) in [6.45, 7) is 5.74. The Labute approximate surface area is 103 Å². The maximum Gasteiger partial charge on any atom is 0.217 e. The van der Waals surface area contributed by atoms with Crippen LogP contribution in [0, 0.1) is 0 Å². The van der Waals surface area contributed by atoms with Gasteiger partial charge in [0.2, 0.25) is 5.91 Å². The lowest BCUT2D eigenvalue weighted by atomic mass is 10.2. The van der Waals surface area contributed by atoms with Gasteiger partial charge in [0.25, 0.3) is 0 Å². The third-order valence-corrected chi connectivity index (χ3v) is 3.34. The largest absolute Gasteiger partial charge is 0.352 e. The average molecular weight is 232 g/mol. The van der Waals surface area contributed by atoms with E-state index in [4.69, 9.17) is 0 Å². The molecule has 0 aliphatic carbocycles. The van der Waals surface area contributed by atoms with Crippen molar-refractivity contribution >= 4 is 5.91 Å². The Hall–Kier alpha value is -1.35. The Morgan fingerprint density at radius 2 is 2.12 bits per heavy atom. The van der Waals surface area contributed by atoms with Crippen LogP contribution in [0.25, 0.3) is 0 Å². The second kappa shape index (κ2) is 5.32. The quantitative estimate of drug-likeness (QED) is 0.861. The molecular formula is C14H20N2O. The number of amides is 1. The molecule has 17 heavy (non-hydrogen) atoms. The first-order valence-electron chi connectivity index (χ1n) is 6.20. The van der Waals surface area contributed by atoms with Gasteiger partial charge in [-0.25, -0.2) is 0 Å². The van der Waals surface area contributed by atoms with Crippen LogP contribution in [0.5, 0.6) is 0 Å². The van der Waals surface area contributed by atoms with Gasteiger partial charge in [0.1, 0.15) is 0 Å². The van der Waals surface area contributed by atoms with Gasteiger partial charge in [-0.05, 0) is 18.9 Å². The molecule has 0 bridgehead atoms. The zero-order valence-corrected chi connectivity index (χ0v) is 10.5. The molecule has 1 amide bonds. The van der Waals surface area contributed by atoms with E-state index in [1.54, 1.807) is 6.92 Å². The first-order valence-corrected chi connectivity index (χ1v) is 6.20. The molecule has 0 spiro atoms. The van der Waals surface area contributed by atoms with Gasteiger partial charge >= 0.3 is 0 Å². The van der Waals surface area contributed by atoms with Crippen molar-refractivity contribution in [2.24, 2.45) is 0 Å². The molecule has 1 aromatic rings. The molecule has 1 saturated heterocycles. The van der Waals surface area contributed by atoms with Crippen molar-refractivity contribution in [2.45, 2.75) is 38.9 Å². The minimum Gasteiger partial charge on any atom is -0.352 e. The summed E-state index contributed by atoms with van der Waals surface area (Å²) in [5, 5.41) is 3.01. The van der Waals surface area contributed by atoms with Crippen LogP contribution in [-0.2, 0) is 11.3 Å². The summed E-state index contributed by atoms with van der Waals surface area (Å²) in [6, 6.07) is 11.3. The minimum atomic E-state index is 0.0729.